The molecule has 0 aromatic carbocycles. The van der Waals surface area contributed by atoms with Crippen LogP contribution in [0.5, 0.6) is 0 Å². The molecule has 0 aromatic rings. The minimum Gasteiger partial charge on any atom is -0.324 e. The number of hydrogen-bond donors (Lipinski definition) is 1. The van der Waals surface area contributed by atoms with Crippen molar-refractivity contribution in [1.82, 2.24) is 0 Å². The van der Waals surface area contributed by atoms with Crippen LogP contribution in [-0.2, 0) is 0 Å². The minimum atomic E-state index is 0.331. The zero-order chi connectivity index (χ0) is 6.69. The van der Waals surface area contributed by atoms with Crippen LogP contribution in [-0.4, -0.2) is 12.3 Å². The average Bonchev–Trinajstić information content (AvgIpc) is 2.63. The van der Waals surface area contributed by atoms with Crippen LogP contribution >= 0.6 is 11.8 Å². The molecule has 52 valence electrons. The van der Waals surface area contributed by atoms with Crippen molar-refractivity contribution >= 4 is 11.8 Å². The molecule has 1 aliphatic carbocycles. The summed E-state index contributed by atoms with van der Waals surface area (Å²) in [7, 11) is 0. The number of nitrogens with two attached hydrogens (primary N) is 1. The maximum Gasteiger partial charge on any atom is 0.0260 e. The second-order valence-electron chi connectivity index (χ2n) is 2.48. The first-order valence-corrected chi connectivity index (χ1v) is 4.58. The van der Waals surface area contributed by atoms with E-state index in [1.807, 2.05) is 0 Å². The van der Waals surface area contributed by atoms with Gasteiger partial charge in [0.15, 0.2) is 0 Å². The van der Waals surface area contributed by atoms with E-state index in [0.717, 1.165) is 5.92 Å². The van der Waals surface area contributed by atoms with E-state index in [0.29, 0.717) is 6.04 Å². The Morgan fingerprint density at radius 3 is 2.78 bits per heavy atom. The standard InChI is InChI=1S/C7H13NS/c1-9-5-4-7(8)6-2-3-6/h4-7H,2-3,8H2,1H3/b5-4+/t7-/m1/s1. The highest BCUT2D eigenvalue weighted by Crippen LogP contribution is 2.32. The van der Waals surface area contributed by atoms with Crippen molar-refractivity contribution < 1.29 is 0 Å². The van der Waals surface area contributed by atoms with Gasteiger partial charge in [-0.05, 0) is 30.4 Å². The third-order valence-electron chi connectivity index (χ3n) is 1.60. The molecule has 0 spiro atoms. The van der Waals surface area contributed by atoms with Crippen molar-refractivity contribution in [2.24, 2.45) is 11.7 Å². The molecule has 2 heteroatoms. The molecule has 0 radical (unpaired) electrons. The van der Waals surface area contributed by atoms with Gasteiger partial charge in [-0.2, -0.15) is 0 Å². The summed E-state index contributed by atoms with van der Waals surface area (Å²) >= 11 is 1.71. The molecule has 0 amide bonds. The highest BCUT2D eigenvalue weighted by Gasteiger charge is 2.26. The van der Waals surface area contributed by atoms with Gasteiger partial charge in [-0.3, -0.25) is 0 Å². The lowest BCUT2D eigenvalue weighted by molar-refractivity contribution is 0.711. The molecule has 0 heterocycles. The Morgan fingerprint density at radius 1 is 1.67 bits per heavy atom. The topological polar surface area (TPSA) is 26.0 Å². The number of hydrogen-bond acceptors (Lipinski definition) is 2. The quantitative estimate of drug-likeness (QED) is 0.649. The van der Waals surface area contributed by atoms with E-state index in [2.05, 4.69) is 17.7 Å². The van der Waals surface area contributed by atoms with E-state index in [1.54, 1.807) is 11.8 Å². The fourth-order valence-electron chi connectivity index (χ4n) is 0.808. The van der Waals surface area contributed by atoms with Gasteiger partial charge >= 0.3 is 0 Å². The largest absolute Gasteiger partial charge is 0.324 e. The zero-order valence-corrected chi connectivity index (χ0v) is 6.53. The summed E-state index contributed by atoms with van der Waals surface area (Å²) in [6.45, 7) is 0. The van der Waals surface area contributed by atoms with Crippen molar-refractivity contribution in [2.75, 3.05) is 6.26 Å². The smallest absolute Gasteiger partial charge is 0.0260 e. The average molecular weight is 143 g/mol. The van der Waals surface area contributed by atoms with Gasteiger partial charge in [-0.25, -0.2) is 0 Å². The van der Waals surface area contributed by atoms with E-state index < -0.39 is 0 Å². The molecule has 0 saturated heterocycles. The molecular weight excluding hydrogens is 130 g/mol. The van der Waals surface area contributed by atoms with Gasteiger partial charge in [-0.15, -0.1) is 11.8 Å². The maximum atomic E-state index is 5.76. The highest BCUT2D eigenvalue weighted by atomic mass is 32.2. The van der Waals surface area contributed by atoms with Crippen LogP contribution in [0.15, 0.2) is 11.5 Å². The maximum absolute atomic E-state index is 5.76. The molecule has 1 aliphatic rings. The Labute approximate surface area is 60.7 Å². The Hall–Kier alpha value is 0.0500. The summed E-state index contributed by atoms with van der Waals surface area (Å²) in [5.74, 6) is 0.799. The Morgan fingerprint density at radius 2 is 2.33 bits per heavy atom. The van der Waals surface area contributed by atoms with Gasteiger partial charge < -0.3 is 5.73 Å². The van der Waals surface area contributed by atoms with Crippen LogP contribution in [0.2, 0.25) is 0 Å². The molecule has 2 N–H and O–H groups in total. The van der Waals surface area contributed by atoms with Crippen LogP contribution in [0.3, 0.4) is 0 Å². The van der Waals surface area contributed by atoms with Crippen molar-refractivity contribution in [3.8, 4) is 0 Å². The number of thioether (sulfide) groups is 1. The highest BCUT2D eigenvalue weighted by molar-refractivity contribution is 8.01. The summed E-state index contributed by atoms with van der Waals surface area (Å²) in [6.07, 6.45) is 6.82. The number of rotatable bonds is 3. The van der Waals surface area contributed by atoms with Crippen LogP contribution in [0, 0.1) is 5.92 Å². The second-order valence-corrected chi connectivity index (χ2v) is 3.22. The molecule has 0 aromatic heterocycles. The molecular formula is C7H13NS. The van der Waals surface area contributed by atoms with Crippen molar-refractivity contribution in [3.05, 3.63) is 11.5 Å². The summed E-state index contributed by atoms with van der Waals surface area (Å²) in [5, 5.41) is 2.07. The van der Waals surface area contributed by atoms with E-state index in [9.17, 15) is 0 Å². The van der Waals surface area contributed by atoms with Gasteiger partial charge in [-0.1, -0.05) is 6.08 Å². The van der Waals surface area contributed by atoms with E-state index in [4.69, 9.17) is 5.73 Å². The third-order valence-corrected chi connectivity index (χ3v) is 2.03. The Balaban J connectivity index is 2.16. The van der Waals surface area contributed by atoms with Crippen molar-refractivity contribution in [3.63, 3.8) is 0 Å². The SMILES string of the molecule is CS/C=C/[C@@H](N)C1CC1. The summed E-state index contributed by atoms with van der Waals surface area (Å²) < 4.78 is 0. The van der Waals surface area contributed by atoms with Gasteiger partial charge in [0.2, 0.25) is 0 Å². The molecule has 9 heavy (non-hydrogen) atoms. The van der Waals surface area contributed by atoms with Crippen LogP contribution in [0.4, 0.5) is 0 Å². The Bertz CT molecular complexity index is 107. The predicted molar refractivity (Wildman–Crippen MR) is 43.4 cm³/mol. The van der Waals surface area contributed by atoms with Crippen LogP contribution in [0.25, 0.3) is 0 Å². The van der Waals surface area contributed by atoms with Gasteiger partial charge in [0.25, 0.3) is 0 Å². The summed E-state index contributed by atoms with van der Waals surface area (Å²) in [6, 6.07) is 0.331. The molecule has 1 saturated carbocycles. The summed E-state index contributed by atoms with van der Waals surface area (Å²) in [5.41, 5.74) is 5.76. The van der Waals surface area contributed by atoms with Gasteiger partial charge in [0.1, 0.15) is 0 Å². The van der Waals surface area contributed by atoms with Gasteiger partial charge in [0, 0.05) is 6.04 Å². The molecule has 1 fully saturated rings. The fraction of sp³-hybridized carbons (Fsp3) is 0.714. The summed E-state index contributed by atoms with van der Waals surface area (Å²) in [4.78, 5) is 0. The minimum absolute atomic E-state index is 0.331. The first-order valence-electron chi connectivity index (χ1n) is 3.29. The van der Waals surface area contributed by atoms with E-state index >= 15 is 0 Å². The first kappa shape index (κ1) is 7.16. The molecule has 1 atom stereocenters. The molecule has 0 unspecified atom stereocenters. The normalized spacial score (nSPS) is 22.9. The van der Waals surface area contributed by atoms with E-state index in [-0.39, 0.29) is 0 Å². The van der Waals surface area contributed by atoms with Crippen molar-refractivity contribution in [1.29, 1.82) is 0 Å². The monoisotopic (exact) mass is 143 g/mol. The lowest BCUT2D eigenvalue weighted by Crippen LogP contribution is -2.18. The molecule has 1 rings (SSSR count). The van der Waals surface area contributed by atoms with Crippen molar-refractivity contribution in [2.45, 2.75) is 18.9 Å². The van der Waals surface area contributed by atoms with E-state index in [1.165, 1.54) is 12.8 Å². The fourth-order valence-corrected chi connectivity index (χ4v) is 1.15. The molecule has 0 bridgehead atoms. The third kappa shape index (κ3) is 2.41. The van der Waals surface area contributed by atoms with Gasteiger partial charge in [0.05, 0.1) is 0 Å². The first-order chi connectivity index (χ1) is 4.34. The van der Waals surface area contributed by atoms with Crippen LogP contribution < -0.4 is 5.73 Å². The zero-order valence-electron chi connectivity index (χ0n) is 5.71. The molecule has 0 aliphatic heterocycles. The molecule has 1 nitrogen and oxygen atoms in total. The van der Waals surface area contributed by atoms with Crippen LogP contribution in [0.1, 0.15) is 12.8 Å². The lowest BCUT2D eigenvalue weighted by atomic mass is 10.2. The second kappa shape index (κ2) is 3.28. The predicted octanol–water partition coefficient (Wildman–Crippen LogP) is 1.60. The lowest BCUT2D eigenvalue weighted by Gasteiger charge is -2.00. The Kier molecular flexibility index (Phi) is 2.61.